The fourth-order valence-corrected chi connectivity index (χ4v) is 2.21. The van der Waals surface area contributed by atoms with Crippen molar-refractivity contribution in [3.63, 3.8) is 0 Å². The molecule has 1 aromatic carbocycles. The molecule has 0 aliphatic rings. The first-order valence-electron chi connectivity index (χ1n) is 7.53. The standard InChI is InChI=1S/C17H24N2O4/c1-10(2)8-18-17(22)19-14(20)9-23-16(21)15-12(4)6-11(3)7-13(15)5/h6-7,10H,8-9H2,1-5H3,(H2,18,19,20,22). The summed E-state index contributed by atoms with van der Waals surface area (Å²) in [4.78, 5) is 35.1. The summed E-state index contributed by atoms with van der Waals surface area (Å²) in [5.74, 6) is -0.957. The van der Waals surface area contributed by atoms with Crippen LogP contribution in [0.1, 0.15) is 40.9 Å². The largest absolute Gasteiger partial charge is 0.452 e. The van der Waals surface area contributed by atoms with Gasteiger partial charge in [0.25, 0.3) is 5.91 Å². The Labute approximate surface area is 136 Å². The van der Waals surface area contributed by atoms with Gasteiger partial charge in [0, 0.05) is 6.54 Å². The van der Waals surface area contributed by atoms with E-state index in [-0.39, 0.29) is 5.92 Å². The Bertz CT molecular complexity index is 586. The lowest BCUT2D eigenvalue weighted by Gasteiger charge is -2.11. The van der Waals surface area contributed by atoms with Gasteiger partial charge in [-0.25, -0.2) is 9.59 Å². The molecule has 3 amide bonds. The average molecular weight is 320 g/mol. The number of urea groups is 1. The number of aryl methyl sites for hydroxylation is 3. The molecule has 0 saturated heterocycles. The zero-order valence-corrected chi connectivity index (χ0v) is 14.3. The number of amides is 3. The highest BCUT2D eigenvalue weighted by Gasteiger charge is 2.16. The predicted molar refractivity (Wildman–Crippen MR) is 87.3 cm³/mol. The highest BCUT2D eigenvalue weighted by atomic mass is 16.5. The number of nitrogens with one attached hydrogen (secondary N) is 2. The second kappa shape index (κ2) is 8.31. The van der Waals surface area contributed by atoms with E-state index < -0.39 is 24.5 Å². The minimum absolute atomic E-state index is 0.279. The molecular formula is C17H24N2O4. The van der Waals surface area contributed by atoms with E-state index in [9.17, 15) is 14.4 Å². The average Bonchev–Trinajstić information content (AvgIpc) is 2.41. The highest BCUT2D eigenvalue weighted by Crippen LogP contribution is 2.17. The molecule has 23 heavy (non-hydrogen) atoms. The molecule has 2 N–H and O–H groups in total. The lowest BCUT2D eigenvalue weighted by molar-refractivity contribution is -0.123. The normalized spacial score (nSPS) is 10.3. The monoisotopic (exact) mass is 320 g/mol. The second-order valence-corrected chi connectivity index (χ2v) is 6.00. The van der Waals surface area contributed by atoms with Crippen LogP contribution in [-0.2, 0) is 9.53 Å². The van der Waals surface area contributed by atoms with Crippen molar-refractivity contribution in [2.75, 3.05) is 13.2 Å². The van der Waals surface area contributed by atoms with Crippen LogP contribution in [0.5, 0.6) is 0 Å². The van der Waals surface area contributed by atoms with E-state index in [1.807, 2.05) is 46.8 Å². The Hall–Kier alpha value is -2.37. The molecule has 0 aliphatic carbocycles. The van der Waals surface area contributed by atoms with E-state index in [2.05, 4.69) is 10.6 Å². The highest BCUT2D eigenvalue weighted by molar-refractivity contribution is 5.97. The molecule has 0 unspecified atom stereocenters. The molecule has 0 atom stereocenters. The molecule has 0 fully saturated rings. The van der Waals surface area contributed by atoms with Gasteiger partial charge in [0.05, 0.1) is 5.56 Å². The second-order valence-electron chi connectivity index (χ2n) is 6.00. The molecule has 0 spiro atoms. The molecule has 0 aromatic heterocycles. The van der Waals surface area contributed by atoms with Crippen LogP contribution in [0.2, 0.25) is 0 Å². The number of hydrogen-bond acceptors (Lipinski definition) is 4. The van der Waals surface area contributed by atoms with Gasteiger partial charge >= 0.3 is 12.0 Å². The molecule has 6 nitrogen and oxygen atoms in total. The number of benzene rings is 1. The summed E-state index contributed by atoms with van der Waals surface area (Å²) in [5, 5.41) is 4.66. The molecule has 0 aliphatic heterocycles. The third kappa shape index (κ3) is 6.10. The van der Waals surface area contributed by atoms with E-state index in [1.54, 1.807) is 0 Å². The Morgan fingerprint density at radius 3 is 2.17 bits per heavy atom. The predicted octanol–water partition coefficient (Wildman–Crippen LogP) is 2.25. The number of carbonyl (C=O) groups excluding carboxylic acids is 3. The van der Waals surface area contributed by atoms with Gasteiger partial charge in [0.2, 0.25) is 0 Å². The number of hydrogen-bond donors (Lipinski definition) is 2. The maximum atomic E-state index is 12.1. The van der Waals surface area contributed by atoms with Gasteiger partial charge < -0.3 is 10.1 Å². The van der Waals surface area contributed by atoms with Crippen molar-refractivity contribution in [2.24, 2.45) is 5.92 Å². The first-order chi connectivity index (χ1) is 10.7. The topological polar surface area (TPSA) is 84.5 Å². The van der Waals surface area contributed by atoms with Crippen LogP contribution in [0.15, 0.2) is 12.1 Å². The SMILES string of the molecule is Cc1cc(C)c(C(=O)OCC(=O)NC(=O)NCC(C)C)c(C)c1. The van der Waals surface area contributed by atoms with Crippen LogP contribution >= 0.6 is 0 Å². The zero-order chi connectivity index (χ0) is 17.6. The van der Waals surface area contributed by atoms with Gasteiger partial charge in [-0.15, -0.1) is 0 Å². The number of imide groups is 1. The molecule has 0 radical (unpaired) electrons. The van der Waals surface area contributed by atoms with Crippen LogP contribution < -0.4 is 10.6 Å². The molecule has 6 heteroatoms. The Kier molecular flexibility index (Phi) is 6.75. The minimum atomic E-state index is -0.665. The molecule has 1 rings (SSSR count). The summed E-state index contributed by atoms with van der Waals surface area (Å²) < 4.78 is 4.99. The summed E-state index contributed by atoms with van der Waals surface area (Å²) >= 11 is 0. The van der Waals surface area contributed by atoms with Crippen LogP contribution in [0, 0.1) is 26.7 Å². The zero-order valence-electron chi connectivity index (χ0n) is 14.3. The van der Waals surface area contributed by atoms with Crippen molar-refractivity contribution in [3.05, 3.63) is 34.4 Å². The number of ether oxygens (including phenoxy) is 1. The number of rotatable bonds is 5. The van der Waals surface area contributed by atoms with Crippen molar-refractivity contribution < 1.29 is 19.1 Å². The summed E-state index contributed by atoms with van der Waals surface area (Å²) in [7, 11) is 0. The van der Waals surface area contributed by atoms with Gasteiger partial charge in [0.15, 0.2) is 6.61 Å². The van der Waals surface area contributed by atoms with Crippen molar-refractivity contribution in [1.29, 1.82) is 0 Å². The molecular weight excluding hydrogens is 296 g/mol. The van der Waals surface area contributed by atoms with E-state index >= 15 is 0 Å². The van der Waals surface area contributed by atoms with Gasteiger partial charge in [-0.2, -0.15) is 0 Å². The minimum Gasteiger partial charge on any atom is -0.452 e. The Morgan fingerprint density at radius 1 is 1.09 bits per heavy atom. The van der Waals surface area contributed by atoms with Crippen molar-refractivity contribution in [2.45, 2.75) is 34.6 Å². The number of carbonyl (C=O) groups is 3. The molecule has 1 aromatic rings. The maximum Gasteiger partial charge on any atom is 0.339 e. The Balaban J connectivity index is 2.53. The Morgan fingerprint density at radius 2 is 1.65 bits per heavy atom. The summed E-state index contributed by atoms with van der Waals surface area (Å²) in [6.07, 6.45) is 0. The third-order valence-electron chi connectivity index (χ3n) is 3.14. The van der Waals surface area contributed by atoms with Gasteiger partial charge in [-0.1, -0.05) is 31.5 Å². The third-order valence-corrected chi connectivity index (χ3v) is 3.14. The van der Waals surface area contributed by atoms with Gasteiger partial charge in [-0.05, 0) is 37.8 Å². The van der Waals surface area contributed by atoms with Crippen molar-refractivity contribution in [1.82, 2.24) is 10.6 Å². The molecule has 0 heterocycles. The van der Waals surface area contributed by atoms with E-state index in [1.165, 1.54) is 0 Å². The summed E-state index contributed by atoms with van der Waals surface area (Å²) in [6, 6.07) is 3.16. The van der Waals surface area contributed by atoms with E-state index in [0.29, 0.717) is 12.1 Å². The number of esters is 1. The quantitative estimate of drug-likeness (QED) is 0.815. The van der Waals surface area contributed by atoms with E-state index in [0.717, 1.165) is 16.7 Å². The molecule has 126 valence electrons. The summed E-state index contributed by atoms with van der Waals surface area (Å²) in [6.45, 7) is 9.41. The lowest BCUT2D eigenvalue weighted by Crippen LogP contribution is -2.42. The fraction of sp³-hybridized carbons (Fsp3) is 0.471. The summed E-state index contributed by atoms with van der Waals surface area (Å²) in [5.41, 5.74) is 3.09. The van der Waals surface area contributed by atoms with Gasteiger partial charge in [-0.3, -0.25) is 10.1 Å². The maximum absolute atomic E-state index is 12.1. The lowest BCUT2D eigenvalue weighted by atomic mass is 10.00. The first kappa shape index (κ1) is 18.7. The molecule has 0 bridgehead atoms. The van der Waals surface area contributed by atoms with Crippen molar-refractivity contribution in [3.8, 4) is 0 Å². The van der Waals surface area contributed by atoms with Crippen LogP contribution in [-0.4, -0.2) is 31.1 Å². The van der Waals surface area contributed by atoms with Crippen LogP contribution in [0.4, 0.5) is 4.79 Å². The van der Waals surface area contributed by atoms with E-state index in [4.69, 9.17) is 4.74 Å². The fourth-order valence-electron chi connectivity index (χ4n) is 2.21. The van der Waals surface area contributed by atoms with Gasteiger partial charge in [0.1, 0.15) is 0 Å². The first-order valence-corrected chi connectivity index (χ1v) is 7.53. The van der Waals surface area contributed by atoms with Crippen molar-refractivity contribution >= 4 is 17.9 Å². The van der Waals surface area contributed by atoms with Crippen LogP contribution in [0.3, 0.4) is 0 Å². The smallest absolute Gasteiger partial charge is 0.339 e. The van der Waals surface area contributed by atoms with Crippen LogP contribution in [0.25, 0.3) is 0 Å². The molecule has 0 saturated carbocycles.